The predicted octanol–water partition coefficient (Wildman–Crippen LogP) is 3.05. The molecule has 3 rings (SSSR count). The van der Waals surface area contributed by atoms with Crippen LogP contribution in [-0.4, -0.2) is 13.1 Å². The van der Waals surface area contributed by atoms with Crippen LogP contribution in [0.5, 0.6) is 0 Å². The molecule has 1 aliphatic carbocycles. The zero-order valence-electron chi connectivity index (χ0n) is 11.2. The van der Waals surface area contributed by atoms with Crippen molar-refractivity contribution >= 4 is 0 Å². The third-order valence-corrected chi connectivity index (χ3v) is 4.62. The van der Waals surface area contributed by atoms with Gasteiger partial charge >= 0.3 is 0 Å². The van der Waals surface area contributed by atoms with Gasteiger partial charge in [-0.15, -0.1) is 0 Å². The van der Waals surface area contributed by atoms with E-state index in [2.05, 4.69) is 44.3 Å². The molecule has 1 aromatic rings. The fourth-order valence-corrected chi connectivity index (χ4v) is 3.43. The largest absolute Gasteiger partial charge is 0.316 e. The predicted molar refractivity (Wildman–Crippen MR) is 72.4 cm³/mol. The van der Waals surface area contributed by atoms with Gasteiger partial charge in [0.25, 0.3) is 0 Å². The first-order valence-electron chi connectivity index (χ1n) is 6.92. The van der Waals surface area contributed by atoms with Gasteiger partial charge in [0.1, 0.15) is 0 Å². The van der Waals surface area contributed by atoms with Crippen LogP contribution in [0.1, 0.15) is 37.0 Å². The molecular formula is C16H23N. The highest BCUT2D eigenvalue weighted by Gasteiger charge is 2.57. The lowest BCUT2D eigenvalue weighted by atomic mass is 9.89. The van der Waals surface area contributed by atoms with Crippen molar-refractivity contribution in [1.29, 1.82) is 0 Å². The van der Waals surface area contributed by atoms with E-state index in [0.717, 1.165) is 11.8 Å². The van der Waals surface area contributed by atoms with Gasteiger partial charge in [-0.1, -0.05) is 32.0 Å². The highest BCUT2D eigenvalue weighted by molar-refractivity contribution is 5.42. The average Bonchev–Trinajstić information content (AvgIpc) is 2.84. The summed E-state index contributed by atoms with van der Waals surface area (Å²) in [5.74, 6) is 1.66. The summed E-state index contributed by atoms with van der Waals surface area (Å²) in [6, 6.07) is 7.18. The minimum Gasteiger partial charge on any atom is -0.316 e. The van der Waals surface area contributed by atoms with Crippen LogP contribution in [0.2, 0.25) is 0 Å². The quantitative estimate of drug-likeness (QED) is 0.840. The van der Waals surface area contributed by atoms with Crippen molar-refractivity contribution in [3.05, 3.63) is 34.9 Å². The van der Waals surface area contributed by atoms with Crippen LogP contribution in [0.25, 0.3) is 0 Å². The summed E-state index contributed by atoms with van der Waals surface area (Å²) in [6.07, 6.45) is 2.62. The molecule has 2 atom stereocenters. The van der Waals surface area contributed by atoms with Crippen molar-refractivity contribution in [3.63, 3.8) is 0 Å². The molecule has 1 heteroatoms. The lowest BCUT2D eigenvalue weighted by molar-refractivity contribution is 0.639. The van der Waals surface area contributed by atoms with Crippen LogP contribution in [-0.2, 0) is 11.8 Å². The number of aryl methyl sites for hydroxylation is 1. The summed E-state index contributed by atoms with van der Waals surface area (Å²) in [7, 11) is 0. The molecule has 92 valence electrons. The second kappa shape index (κ2) is 3.84. The normalized spacial score (nSPS) is 30.7. The number of fused-ring (bicyclic) bond motifs is 1. The van der Waals surface area contributed by atoms with Gasteiger partial charge in [0, 0.05) is 12.0 Å². The van der Waals surface area contributed by atoms with Crippen LogP contribution in [0, 0.1) is 18.8 Å². The van der Waals surface area contributed by atoms with Gasteiger partial charge in [-0.2, -0.15) is 0 Å². The van der Waals surface area contributed by atoms with Crippen molar-refractivity contribution in [2.75, 3.05) is 13.1 Å². The zero-order chi connectivity index (χ0) is 12.0. The van der Waals surface area contributed by atoms with Crippen molar-refractivity contribution in [1.82, 2.24) is 5.32 Å². The number of nitrogens with one attached hydrogen (secondary N) is 1. The molecular weight excluding hydrogens is 206 g/mol. The van der Waals surface area contributed by atoms with Crippen molar-refractivity contribution in [3.8, 4) is 0 Å². The summed E-state index contributed by atoms with van der Waals surface area (Å²) < 4.78 is 0. The molecule has 1 heterocycles. The average molecular weight is 229 g/mol. The number of piperidine rings is 1. The highest BCUT2D eigenvalue weighted by atomic mass is 15.0. The Morgan fingerprint density at radius 1 is 1.41 bits per heavy atom. The van der Waals surface area contributed by atoms with Gasteiger partial charge in [-0.05, 0) is 54.8 Å². The summed E-state index contributed by atoms with van der Waals surface area (Å²) in [5.41, 5.74) is 5.12. The third-order valence-electron chi connectivity index (χ3n) is 4.62. The molecule has 1 saturated carbocycles. The summed E-state index contributed by atoms with van der Waals surface area (Å²) in [5, 5.41) is 3.54. The first-order chi connectivity index (χ1) is 8.12. The minimum absolute atomic E-state index is 0.513. The van der Waals surface area contributed by atoms with Gasteiger partial charge in [-0.25, -0.2) is 0 Å². The first kappa shape index (κ1) is 11.3. The molecule has 2 fully saturated rings. The molecule has 0 aromatic heterocycles. The van der Waals surface area contributed by atoms with Gasteiger partial charge in [0.05, 0.1) is 0 Å². The Kier molecular flexibility index (Phi) is 2.55. The molecule has 2 aliphatic rings. The molecule has 0 bridgehead atoms. The van der Waals surface area contributed by atoms with E-state index in [-0.39, 0.29) is 0 Å². The van der Waals surface area contributed by atoms with E-state index < -0.39 is 0 Å². The fraction of sp³-hybridized carbons (Fsp3) is 0.625. The van der Waals surface area contributed by atoms with Crippen molar-refractivity contribution in [2.24, 2.45) is 11.8 Å². The van der Waals surface area contributed by atoms with Crippen LogP contribution in [0.3, 0.4) is 0 Å². The third kappa shape index (κ3) is 1.81. The second-order valence-electron chi connectivity index (χ2n) is 6.43. The Morgan fingerprint density at radius 3 is 2.82 bits per heavy atom. The SMILES string of the molecule is Cc1ccc(C23CNCC2C3)cc1CC(C)C. The topological polar surface area (TPSA) is 12.0 Å². The van der Waals surface area contributed by atoms with Gasteiger partial charge in [-0.3, -0.25) is 0 Å². The molecule has 1 saturated heterocycles. The van der Waals surface area contributed by atoms with E-state index in [9.17, 15) is 0 Å². The van der Waals surface area contributed by atoms with Gasteiger partial charge in [0.2, 0.25) is 0 Å². The molecule has 0 spiro atoms. The van der Waals surface area contributed by atoms with Crippen molar-refractivity contribution < 1.29 is 0 Å². The standard InChI is InChI=1S/C16H23N/c1-11(2)6-13-7-14(5-4-12(13)3)16-8-15(16)9-17-10-16/h4-5,7,11,15,17H,6,8-10H2,1-3H3. The molecule has 17 heavy (non-hydrogen) atoms. The van der Waals surface area contributed by atoms with E-state index >= 15 is 0 Å². The van der Waals surface area contributed by atoms with Gasteiger partial charge < -0.3 is 5.32 Å². The fourth-order valence-electron chi connectivity index (χ4n) is 3.43. The van der Waals surface area contributed by atoms with E-state index in [1.807, 2.05) is 0 Å². The Balaban J connectivity index is 1.91. The maximum absolute atomic E-state index is 3.54. The summed E-state index contributed by atoms with van der Waals surface area (Å²) >= 11 is 0. The van der Waals surface area contributed by atoms with E-state index in [4.69, 9.17) is 0 Å². The van der Waals surface area contributed by atoms with Crippen LogP contribution < -0.4 is 5.32 Å². The highest BCUT2D eigenvalue weighted by Crippen LogP contribution is 2.56. The number of rotatable bonds is 3. The van der Waals surface area contributed by atoms with Crippen LogP contribution in [0.15, 0.2) is 18.2 Å². The van der Waals surface area contributed by atoms with E-state index in [0.29, 0.717) is 5.41 Å². The second-order valence-corrected chi connectivity index (χ2v) is 6.43. The Bertz CT molecular complexity index is 435. The molecule has 2 unspecified atom stereocenters. The number of benzene rings is 1. The smallest absolute Gasteiger partial charge is 0.0122 e. The minimum atomic E-state index is 0.513. The monoisotopic (exact) mass is 229 g/mol. The molecule has 1 aliphatic heterocycles. The van der Waals surface area contributed by atoms with Crippen LogP contribution >= 0.6 is 0 Å². The first-order valence-corrected chi connectivity index (χ1v) is 6.92. The Morgan fingerprint density at radius 2 is 2.24 bits per heavy atom. The molecule has 1 nitrogen and oxygen atoms in total. The van der Waals surface area contributed by atoms with Crippen molar-refractivity contribution in [2.45, 2.75) is 39.0 Å². The van der Waals surface area contributed by atoms with E-state index in [1.54, 1.807) is 11.1 Å². The van der Waals surface area contributed by atoms with Gasteiger partial charge in [0.15, 0.2) is 0 Å². The Hall–Kier alpha value is -0.820. The number of hydrogen-bond donors (Lipinski definition) is 1. The lowest BCUT2D eigenvalue weighted by Crippen LogP contribution is -2.19. The molecule has 1 N–H and O–H groups in total. The molecule has 0 amide bonds. The molecule has 0 radical (unpaired) electrons. The maximum Gasteiger partial charge on any atom is 0.0122 e. The number of hydrogen-bond acceptors (Lipinski definition) is 1. The van der Waals surface area contributed by atoms with Crippen LogP contribution in [0.4, 0.5) is 0 Å². The summed E-state index contributed by atoms with van der Waals surface area (Å²) in [4.78, 5) is 0. The molecule has 1 aromatic carbocycles. The Labute approximate surface area is 105 Å². The maximum atomic E-state index is 3.54. The zero-order valence-corrected chi connectivity index (χ0v) is 11.2. The van der Waals surface area contributed by atoms with E-state index in [1.165, 1.54) is 31.5 Å². The lowest BCUT2D eigenvalue weighted by Gasteiger charge is -2.16. The summed E-state index contributed by atoms with van der Waals surface area (Å²) in [6.45, 7) is 9.29.